The zero-order chi connectivity index (χ0) is 28.4. The number of hydrogen-bond donors (Lipinski definition) is 2. The van der Waals surface area contributed by atoms with Gasteiger partial charge < -0.3 is 14.4 Å². The summed E-state index contributed by atoms with van der Waals surface area (Å²) in [6.07, 6.45) is -2.41. The van der Waals surface area contributed by atoms with E-state index in [0.29, 0.717) is 34.9 Å². The third-order valence-corrected chi connectivity index (χ3v) is 7.47. The molecule has 0 saturated heterocycles. The van der Waals surface area contributed by atoms with Gasteiger partial charge in [-0.15, -0.1) is 0 Å². The van der Waals surface area contributed by atoms with Crippen LogP contribution in [0.15, 0.2) is 76.3 Å². The number of aliphatic hydroxyl groups excluding tert-OH is 1. The SMILES string of the molecule is CN1C(=O)C(NCC(CC2CC2)C(O)CC(=O)c2ccco2)N=C(c2ccc(C(F)(F)F)cc2)c2ccccc21. The highest BCUT2D eigenvalue weighted by Crippen LogP contribution is 2.37. The predicted octanol–water partition coefficient (Wildman–Crippen LogP) is 5.08. The Kier molecular flexibility index (Phi) is 7.91. The number of alkyl halides is 3. The number of anilines is 1. The van der Waals surface area contributed by atoms with Crippen molar-refractivity contribution in [2.24, 2.45) is 16.8 Å². The molecule has 3 unspecified atom stereocenters. The molecule has 0 bridgehead atoms. The second-order valence-corrected chi connectivity index (χ2v) is 10.4. The van der Waals surface area contributed by atoms with Gasteiger partial charge in [-0.2, -0.15) is 13.2 Å². The molecule has 1 aromatic heterocycles. The number of aliphatic imine (C=N–C) groups is 1. The maximum atomic E-state index is 13.5. The maximum Gasteiger partial charge on any atom is 0.416 e. The standard InChI is InChI=1S/C30H30F3N3O4/c1-36-23-6-3-2-5-22(23)27(19-10-12-21(13-11-19)30(31,32)33)35-28(29(36)39)34-17-20(15-18-8-9-18)24(37)16-25(38)26-7-4-14-40-26/h2-7,10-14,18,20,24,28,34,37H,8-9,15-17H2,1H3. The summed E-state index contributed by atoms with van der Waals surface area (Å²) in [6, 6.07) is 15.0. The molecule has 3 aromatic rings. The number of benzene rings is 2. The lowest BCUT2D eigenvalue weighted by atomic mass is 9.92. The number of benzodiazepines with no additional fused rings is 1. The fraction of sp³-hybridized carbons (Fsp3) is 0.367. The monoisotopic (exact) mass is 553 g/mol. The van der Waals surface area contributed by atoms with Gasteiger partial charge in [-0.25, -0.2) is 0 Å². The minimum atomic E-state index is -4.47. The number of amides is 1. The molecular weight excluding hydrogens is 523 g/mol. The van der Waals surface area contributed by atoms with Crippen LogP contribution >= 0.6 is 0 Å². The summed E-state index contributed by atoms with van der Waals surface area (Å²) in [5.74, 6) is -0.341. The van der Waals surface area contributed by atoms with Gasteiger partial charge in [-0.05, 0) is 48.6 Å². The van der Waals surface area contributed by atoms with Crippen LogP contribution in [0.5, 0.6) is 0 Å². The summed E-state index contributed by atoms with van der Waals surface area (Å²) in [7, 11) is 1.62. The largest absolute Gasteiger partial charge is 0.461 e. The number of likely N-dealkylation sites (N-methyl/N-ethyl adjacent to an activating group) is 1. The van der Waals surface area contributed by atoms with Crippen LogP contribution in [0.2, 0.25) is 0 Å². The van der Waals surface area contributed by atoms with Gasteiger partial charge in [0, 0.05) is 31.1 Å². The van der Waals surface area contributed by atoms with Crippen LogP contribution in [0, 0.1) is 11.8 Å². The van der Waals surface area contributed by atoms with Crippen molar-refractivity contribution in [3.63, 3.8) is 0 Å². The summed E-state index contributed by atoms with van der Waals surface area (Å²) < 4.78 is 44.7. The summed E-state index contributed by atoms with van der Waals surface area (Å²) in [5, 5.41) is 14.2. The molecule has 0 radical (unpaired) electrons. The zero-order valence-electron chi connectivity index (χ0n) is 21.9. The molecule has 0 spiro atoms. The fourth-order valence-corrected chi connectivity index (χ4v) is 5.02. The molecule has 2 heterocycles. The van der Waals surface area contributed by atoms with Crippen LogP contribution < -0.4 is 10.2 Å². The van der Waals surface area contributed by atoms with Crippen LogP contribution in [0.3, 0.4) is 0 Å². The van der Waals surface area contributed by atoms with E-state index in [-0.39, 0.29) is 36.3 Å². The Balaban J connectivity index is 1.41. The summed E-state index contributed by atoms with van der Waals surface area (Å²) in [4.78, 5) is 32.2. The molecular formula is C30H30F3N3O4. The van der Waals surface area contributed by atoms with Gasteiger partial charge in [0.2, 0.25) is 5.78 Å². The molecule has 7 nitrogen and oxygen atoms in total. The van der Waals surface area contributed by atoms with Gasteiger partial charge in [0.15, 0.2) is 11.9 Å². The van der Waals surface area contributed by atoms with Crippen molar-refractivity contribution in [3.8, 4) is 0 Å². The first-order valence-electron chi connectivity index (χ1n) is 13.2. The van der Waals surface area contributed by atoms with Gasteiger partial charge in [0.25, 0.3) is 5.91 Å². The Morgan fingerprint density at radius 3 is 2.50 bits per heavy atom. The normalized spacial score (nSPS) is 19.0. The molecule has 210 valence electrons. The second-order valence-electron chi connectivity index (χ2n) is 10.4. The Bertz CT molecular complexity index is 1380. The van der Waals surface area contributed by atoms with Crippen molar-refractivity contribution in [2.45, 2.75) is 44.1 Å². The van der Waals surface area contributed by atoms with Crippen molar-refractivity contribution in [1.82, 2.24) is 5.32 Å². The third-order valence-electron chi connectivity index (χ3n) is 7.47. The summed E-state index contributed by atoms with van der Waals surface area (Å²) >= 11 is 0. The quantitative estimate of drug-likeness (QED) is 0.342. The number of Topliss-reactive ketones (excluding diaryl/α,β-unsaturated/α-hetero) is 1. The number of hydrogen-bond acceptors (Lipinski definition) is 6. The van der Waals surface area contributed by atoms with Crippen molar-refractivity contribution < 1.29 is 32.3 Å². The zero-order valence-corrected chi connectivity index (χ0v) is 21.9. The molecule has 10 heteroatoms. The van der Waals surface area contributed by atoms with Crippen LogP contribution in [0.25, 0.3) is 0 Å². The first kappa shape index (κ1) is 27.8. The number of aliphatic hydroxyl groups is 1. The molecule has 2 aliphatic rings. The first-order chi connectivity index (χ1) is 19.1. The van der Waals surface area contributed by atoms with Crippen LogP contribution in [-0.4, -0.2) is 48.4 Å². The first-order valence-corrected chi connectivity index (χ1v) is 13.2. The Labute approximate surface area is 229 Å². The lowest BCUT2D eigenvalue weighted by Crippen LogP contribution is -2.46. The highest BCUT2D eigenvalue weighted by molar-refractivity contribution is 6.20. The van der Waals surface area contributed by atoms with E-state index >= 15 is 0 Å². The Morgan fingerprint density at radius 1 is 1.12 bits per heavy atom. The second kappa shape index (κ2) is 11.4. The summed E-state index contributed by atoms with van der Waals surface area (Å²) in [6.45, 7) is 0.216. The van der Waals surface area contributed by atoms with E-state index < -0.39 is 24.0 Å². The van der Waals surface area contributed by atoms with E-state index in [1.165, 1.54) is 23.3 Å². The number of nitrogens with zero attached hydrogens (tertiary/aromatic N) is 2. The third kappa shape index (κ3) is 6.18. The molecule has 2 aromatic carbocycles. The number of ketones is 1. The minimum Gasteiger partial charge on any atom is -0.461 e. The highest BCUT2D eigenvalue weighted by Gasteiger charge is 2.35. The number of halogens is 3. The van der Waals surface area contributed by atoms with Crippen molar-refractivity contribution in [3.05, 3.63) is 89.4 Å². The molecule has 3 atom stereocenters. The summed E-state index contributed by atoms with van der Waals surface area (Å²) in [5.41, 5.74) is 1.23. The number of furan rings is 1. The predicted molar refractivity (Wildman–Crippen MR) is 143 cm³/mol. The van der Waals surface area contributed by atoms with Crippen LogP contribution in [0.4, 0.5) is 18.9 Å². The minimum absolute atomic E-state index is 0.114. The highest BCUT2D eigenvalue weighted by atomic mass is 19.4. The number of rotatable bonds is 10. The van der Waals surface area contributed by atoms with Gasteiger partial charge in [-0.3, -0.25) is 19.9 Å². The van der Waals surface area contributed by atoms with Crippen molar-refractivity contribution >= 4 is 23.1 Å². The molecule has 1 aliphatic heterocycles. The van der Waals surface area contributed by atoms with E-state index in [9.17, 15) is 27.9 Å². The van der Waals surface area contributed by atoms with E-state index in [1.54, 1.807) is 43.4 Å². The molecule has 1 saturated carbocycles. The van der Waals surface area contributed by atoms with E-state index in [2.05, 4.69) is 5.32 Å². The number of para-hydroxylation sites is 1. The maximum absolute atomic E-state index is 13.5. The Morgan fingerprint density at radius 2 is 1.85 bits per heavy atom. The Hall–Kier alpha value is -3.76. The molecule has 40 heavy (non-hydrogen) atoms. The molecule has 1 fully saturated rings. The van der Waals surface area contributed by atoms with Gasteiger partial charge in [-0.1, -0.05) is 43.2 Å². The topological polar surface area (TPSA) is 95.1 Å². The number of carbonyl (C=O) groups is 2. The van der Waals surface area contributed by atoms with E-state index in [1.807, 2.05) is 0 Å². The molecule has 1 aliphatic carbocycles. The average molecular weight is 554 g/mol. The molecule has 1 amide bonds. The molecule has 5 rings (SSSR count). The van der Waals surface area contributed by atoms with Gasteiger partial charge in [0.05, 0.1) is 29.3 Å². The van der Waals surface area contributed by atoms with E-state index in [4.69, 9.17) is 9.41 Å². The van der Waals surface area contributed by atoms with E-state index in [0.717, 1.165) is 25.0 Å². The fourth-order valence-electron chi connectivity index (χ4n) is 5.02. The smallest absolute Gasteiger partial charge is 0.416 e. The van der Waals surface area contributed by atoms with Crippen molar-refractivity contribution in [1.29, 1.82) is 0 Å². The van der Waals surface area contributed by atoms with Crippen molar-refractivity contribution in [2.75, 3.05) is 18.5 Å². The average Bonchev–Trinajstić information content (AvgIpc) is 3.60. The van der Waals surface area contributed by atoms with Gasteiger partial charge in [0.1, 0.15) is 0 Å². The van der Waals surface area contributed by atoms with Gasteiger partial charge >= 0.3 is 6.18 Å². The van der Waals surface area contributed by atoms with Crippen LogP contribution in [0.1, 0.15) is 52.9 Å². The number of fused-ring (bicyclic) bond motifs is 1. The number of carbonyl (C=O) groups excluding carboxylic acids is 2. The lowest BCUT2D eigenvalue weighted by molar-refractivity contribution is -0.137. The van der Waals surface area contributed by atoms with Crippen LogP contribution in [-0.2, 0) is 11.0 Å². The molecule has 2 N–H and O–H groups in total. The number of nitrogens with one attached hydrogen (secondary N) is 1. The lowest BCUT2D eigenvalue weighted by Gasteiger charge is -2.26.